The van der Waals surface area contributed by atoms with Crippen LogP contribution in [0.3, 0.4) is 0 Å². The van der Waals surface area contributed by atoms with Crippen LogP contribution < -0.4 is 5.73 Å². The van der Waals surface area contributed by atoms with E-state index in [1.165, 1.54) is 5.56 Å². The highest BCUT2D eigenvalue weighted by atomic mass is 15.1. The Hall–Kier alpha value is -0.930. The first-order valence-corrected chi connectivity index (χ1v) is 4.61. The largest absolute Gasteiger partial charge is 0.326 e. The summed E-state index contributed by atoms with van der Waals surface area (Å²) in [4.78, 5) is 6.38. The molecule has 2 N–H and O–H groups in total. The van der Waals surface area contributed by atoms with Crippen LogP contribution in [0.5, 0.6) is 0 Å². The van der Waals surface area contributed by atoms with Crippen molar-refractivity contribution in [3.05, 3.63) is 30.1 Å². The molecule has 0 bridgehead atoms. The Morgan fingerprint density at radius 2 is 2.38 bits per heavy atom. The van der Waals surface area contributed by atoms with Gasteiger partial charge in [-0.1, -0.05) is 6.07 Å². The fraction of sp³-hybridized carbons (Fsp3) is 0.500. The van der Waals surface area contributed by atoms with E-state index >= 15 is 0 Å². The van der Waals surface area contributed by atoms with E-state index in [1.54, 1.807) is 6.20 Å². The number of nitrogens with two attached hydrogens (primary N) is 1. The molecule has 0 amide bonds. The summed E-state index contributed by atoms with van der Waals surface area (Å²) in [5.41, 5.74) is 7.30. The van der Waals surface area contributed by atoms with Crippen LogP contribution in [0.2, 0.25) is 0 Å². The third-order valence-electron chi connectivity index (χ3n) is 2.66. The Morgan fingerprint density at radius 1 is 1.54 bits per heavy atom. The molecule has 2 atom stereocenters. The molecule has 0 spiro atoms. The van der Waals surface area contributed by atoms with E-state index in [-0.39, 0.29) is 6.04 Å². The van der Waals surface area contributed by atoms with Crippen molar-refractivity contribution in [1.82, 2.24) is 9.88 Å². The predicted molar refractivity (Wildman–Crippen MR) is 52.5 cm³/mol. The smallest absolute Gasteiger partial charge is 0.0303 e. The summed E-state index contributed by atoms with van der Waals surface area (Å²) in [5.74, 6) is 0.457. The minimum absolute atomic E-state index is 0.259. The Kier molecular flexibility index (Phi) is 2.29. The van der Waals surface area contributed by atoms with Gasteiger partial charge in [-0.05, 0) is 18.7 Å². The van der Waals surface area contributed by atoms with E-state index < -0.39 is 0 Å². The fourth-order valence-electron chi connectivity index (χ4n) is 1.98. The lowest BCUT2D eigenvalue weighted by molar-refractivity contribution is 0.407. The Bertz CT molecular complexity index is 273. The van der Waals surface area contributed by atoms with Crippen LogP contribution in [0.15, 0.2) is 24.5 Å². The summed E-state index contributed by atoms with van der Waals surface area (Å²) in [6.45, 7) is 2.03. The molecule has 1 aromatic heterocycles. The molecular formula is C10H15N3. The molecule has 0 aromatic carbocycles. The molecule has 1 saturated heterocycles. The van der Waals surface area contributed by atoms with Crippen molar-refractivity contribution in [2.45, 2.75) is 12.0 Å². The Balaban J connectivity index is 2.18. The molecule has 3 heteroatoms. The van der Waals surface area contributed by atoms with Gasteiger partial charge in [0.05, 0.1) is 0 Å². The van der Waals surface area contributed by atoms with Crippen LogP contribution in [0.25, 0.3) is 0 Å². The molecule has 0 aliphatic carbocycles. The van der Waals surface area contributed by atoms with Crippen LogP contribution in [0, 0.1) is 0 Å². The molecule has 3 nitrogen and oxygen atoms in total. The van der Waals surface area contributed by atoms with Gasteiger partial charge < -0.3 is 10.6 Å². The number of rotatable bonds is 1. The van der Waals surface area contributed by atoms with Crippen LogP contribution in [-0.2, 0) is 0 Å². The van der Waals surface area contributed by atoms with Gasteiger partial charge in [-0.25, -0.2) is 0 Å². The van der Waals surface area contributed by atoms with Crippen molar-refractivity contribution in [2.75, 3.05) is 20.1 Å². The van der Waals surface area contributed by atoms with Gasteiger partial charge in [0.2, 0.25) is 0 Å². The summed E-state index contributed by atoms with van der Waals surface area (Å²) in [7, 11) is 2.11. The third kappa shape index (κ3) is 1.71. The summed E-state index contributed by atoms with van der Waals surface area (Å²) in [5, 5.41) is 0. The summed E-state index contributed by atoms with van der Waals surface area (Å²) >= 11 is 0. The number of hydrogen-bond acceptors (Lipinski definition) is 3. The van der Waals surface area contributed by atoms with E-state index in [4.69, 9.17) is 5.73 Å². The second-order valence-electron chi connectivity index (χ2n) is 3.78. The van der Waals surface area contributed by atoms with Gasteiger partial charge in [0.25, 0.3) is 0 Å². The first kappa shape index (κ1) is 8.66. The molecule has 1 aliphatic heterocycles. The van der Waals surface area contributed by atoms with E-state index in [0.717, 1.165) is 13.1 Å². The van der Waals surface area contributed by atoms with Crippen LogP contribution >= 0.6 is 0 Å². The quantitative estimate of drug-likeness (QED) is 0.676. The van der Waals surface area contributed by atoms with Gasteiger partial charge in [-0.2, -0.15) is 0 Å². The number of pyridine rings is 1. The van der Waals surface area contributed by atoms with E-state index in [0.29, 0.717) is 5.92 Å². The third-order valence-corrected chi connectivity index (χ3v) is 2.66. The number of nitrogens with zero attached hydrogens (tertiary/aromatic N) is 2. The van der Waals surface area contributed by atoms with Crippen molar-refractivity contribution in [3.8, 4) is 0 Å². The average Bonchev–Trinajstić information content (AvgIpc) is 2.47. The maximum absolute atomic E-state index is 6.03. The lowest BCUT2D eigenvalue weighted by Crippen LogP contribution is -2.27. The first-order valence-electron chi connectivity index (χ1n) is 4.61. The zero-order valence-electron chi connectivity index (χ0n) is 7.85. The van der Waals surface area contributed by atoms with E-state index in [9.17, 15) is 0 Å². The molecule has 2 heterocycles. The lowest BCUT2D eigenvalue weighted by atomic mass is 9.97. The maximum atomic E-state index is 6.03. The molecule has 0 radical (unpaired) electrons. The number of hydrogen-bond donors (Lipinski definition) is 1. The summed E-state index contributed by atoms with van der Waals surface area (Å²) in [6.07, 6.45) is 3.72. The van der Waals surface area contributed by atoms with Crippen LogP contribution in [0.1, 0.15) is 11.5 Å². The predicted octanol–water partition coefficient (Wildman–Crippen LogP) is 0.438. The molecule has 1 aliphatic rings. The molecule has 1 fully saturated rings. The monoisotopic (exact) mass is 177 g/mol. The highest BCUT2D eigenvalue weighted by Gasteiger charge is 2.28. The number of likely N-dealkylation sites (tertiary alicyclic amines) is 1. The van der Waals surface area contributed by atoms with Gasteiger partial charge in [0, 0.05) is 37.4 Å². The van der Waals surface area contributed by atoms with Crippen molar-refractivity contribution in [1.29, 1.82) is 0 Å². The zero-order valence-corrected chi connectivity index (χ0v) is 7.85. The SMILES string of the molecule is CN1CC(N)C(c2cccnc2)C1. The van der Waals surface area contributed by atoms with Crippen molar-refractivity contribution in [3.63, 3.8) is 0 Å². The summed E-state index contributed by atoms with van der Waals surface area (Å²) < 4.78 is 0. The Labute approximate surface area is 78.6 Å². The molecule has 2 unspecified atom stereocenters. The minimum atomic E-state index is 0.259. The van der Waals surface area contributed by atoms with E-state index in [1.807, 2.05) is 12.3 Å². The standard InChI is InChI=1S/C10H15N3/c1-13-6-9(10(11)7-13)8-3-2-4-12-5-8/h2-5,9-10H,6-7,11H2,1H3. The van der Waals surface area contributed by atoms with Crippen LogP contribution in [-0.4, -0.2) is 36.1 Å². The van der Waals surface area contributed by atoms with Crippen molar-refractivity contribution >= 4 is 0 Å². The summed E-state index contributed by atoms with van der Waals surface area (Å²) in [6, 6.07) is 4.34. The second kappa shape index (κ2) is 3.44. The average molecular weight is 177 g/mol. The van der Waals surface area contributed by atoms with Gasteiger partial charge in [0.15, 0.2) is 0 Å². The van der Waals surface area contributed by atoms with Gasteiger partial charge in [-0.3, -0.25) is 4.98 Å². The Morgan fingerprint density at radius 3 is 2.92 bits per heavy atom. The molecule has 13 heavy (non-hydrogen) atoms. The van der Waals surface area contributed by atoms with Crippen molar-refractivity contribution in [2.24, 2.45) is 5.73 Å². The van der Waals surface area contributed by atoms with Gasteiger partial charge >= 0.3 is 0 Å². The minimum Gasteiger partial charge on any atom is -0.326 e. The second-order valence-corrected chi connectivity index (χ2v) is 3.78. The topological polar surface area (TPSA) is 42.1 Å². The van der Waals surface area contributed by atoms with Crippen molar-refractivity contribution < 1.29 is 0 Å². The zero-order chi connectivity index (χ0) is 9.26. The number of likely N-dealkylation sites (N-methyl/N-ethyl adjacent to an activating group) is 1. The molecule has 2 rings (SSSR count). The van der Waals surface area contributed by atoms with Gasteiger partial charge in [0.1, 0.15) is 0 Å². The normalized spacial score (nSPS) is 29.4. The van der Waals surface area contributed by atoms with Crippen LogP contribution in [0.4, 0.5) is 0 Å². The molecule has 70 valence electrons. The number of aromatic nitrogens is 1. The van der Waals surface area contributed by atoms with E-state index in [2.05, 4.69) is 23.0 Å². The highest BCUT2D eigenvalue weighted by Crippen LogP contribution is 2.24. The molecule has 1 aromatic rings. The highest BCUT2D eigenvalue weighted by molar-refractivity contribution is 5.19. The fourth-order valence-corrected chi connectivity index (χ4v) is 1.98. The molecule has 0 saturated carbocycles. The molecular weight excluding hydrogens is 162 g/mol. The maximum Gasteiger partial charge on any atom is 0.0303 e. The lowest BCUT2D eigenvalue weighted by Gasteiger charge is -2.13. The first-order chi connectivity index (χ1) is 6.27. The van der Waals surface area contributed by atoms with Gasteiger partial charge in [-0.15, -0.1) is 0 Å².